The van der Waals surface area contributed by atoms with E-state index in [1.165, 1.54) is 0 Å². The highest BCUT2D eigenvalue weighted by Gasteiger charge is 2.33. The van der Waals surface area contributed by atoms with E-state index in [2.05, 4.69) is 5.92 Å². The number of carboxylic acids is 1. The van der Waals surface area contributed by atoms with Gasteiger partial charge in [0, 0.05) is 13.0 Å². The zero-order valence-corrected chi connectivity index (χ0v) is 8.57. The van der Waals surface area contributed by atoms with Crippen molar-refractivity contribution < 1.29 is 9.90 Å². The fourth-order valence-electron chi connectivity index (χ4n) is 2.13. The molecule has 0 aromatic heterocycles. The van der Waals surface area contributed by atoms with Gasteiger partial charge in [0.2, 0.25) is 0 Å². The maximum Gasteiger partial charge on any atom is 0.321 e. The van der Waals surface area contributed by atoms with E-state index in [4.69, 9.17) is 11.5 Å². The summed E-state index contributed by atoms with van der Waals surface area (Å²) < 4.78 is 0. The lowest BCUT2D eigenvalue weighted by Gasteiger charge is -2.36. The van der Waals surface area contributed by atoms with E-state index in [0.29, 0.717) is 13.0 Å². The van der Waals surface area contributed by atoms with Gasteiger partial charge in [-0.05, 0) is 25.3 Å². The first-order chi connectivity index (χ1) is 6.66. The van der Waals surface area contributed by atoms with Gasteiger partial charge in [0.05, 0.1) is 0 Å². The highest BCUT2D eigenvalue weighted by molar-refractivity contribution is 5.74. The molecule has 0 aromatic carbocycles. The summed E-state index contributed by atoms with van der Waals surface area (Å²) in [6.45, 7) is 3.57. The Kier molecular flexibility index (Phi) is 3.97. The van der Waals surface area contributed by atoms with Gasteiger partial charge in [-0.2, -0.15) is 0 Å². The van der Waals surface area contributed by atoms with Gasteiger partial charge < -0.3 is 5.11 Å². The van der Waals surface area contributed by atoms with E-state index in [1.807, 2.05) is 11.8 Å². The van der Waals surface area contributed by atoms with E-state index in [0.717, 1.165) is 19.4 Å². The number of carbonyl (C=O) groups is 1. The van der Waals surface area contributed by atoms with E-state index >= 15 is 0 Å². The molecule has 14 heavy (non-hydrogen) atoms. The van der Waals surface area contributed by atoms with Crippen LogP contribution in [0.5, 0.6) is 0 Å². The van der Waals surface area contributed by atoms with Crippen molar-refractivity contribution in [2.75, 3.05) is 13.1 Å². The van der Waals surface area contributed by atoms with Crippen LogP contribution in [0.15, 0.2) is 0 Å². The van der Waals surface area contributed by atoms with Gasteiger partial charge in [-0.15, -0.1) is 12.3 Å². The molecule has 1 aliphatic rings. The molecule has 0 bridgehead atoms. The summed E-state index contributed by atoms with van der Waals surface area (Å²) in [5.74, 6) is 2.08. The van der Waals surface area contributed by atoms with Crippen LogP contribution in [0.2, 0.25) is 0 Å². The molecule has 3 nitrogen and oxygen atoms in total. The van der Waals surface area contributed by atoms with Crippen LogP contribution < -0.4 is 0 Å². The molecular weight excluding hydrogens is 178 g/mol. The molecule has 0 radical (unpaired) electrons. The van der Waals surface area contributed by atoms with Crippen LogP contribution in [0.4, 0.5) is 0 Å². The van der Waals surface area contributed by atoms with Gasteiger partial charge in [-0.25, -0.2) is 0 Å². The summed E-state index contributed by atoms with van der Waals surface area (Å²) in [6.07, 6.45) is 7.90. The van der Waals surface area contributed by atoms with Crippen LogP contribution in [-0.2, 0) is 4.79 Å². The fourth-order valence-corrected chi connectivity index (χ4v) is 2.13. The third-order valence-electron chi connectivity index (χ3n) is 2.83. The molecule has 78 valence electrons. The molecule has 2 atom stereocenters. The average molecular weight is 195 g/mol. The molecule has 1 aliphatic heterocycles. The summed E-state index contributed by atoms with van der Waals surface area (Å²) in [5, 5.41) is 9.09. The minimum absolute atomic E-state index is 0.235. The first kappa shape index (κ1) is 11.1. The highest BCUT2D eigenvalue weighted by Crippen LogP contribution is 2.23. The van der Waals surface area contributed by atoms with Crippen molar-refractivity contribution in [3.05, 3.63) is 0 Å². The van der Waals surface area contributed by atoms with Crippen LogP contribution >= 0.6 is 0 Å². The Hall–Kier alpha value is -1.01. The molecular formula is C11H17NO2. The third-order valence-corrected chi connectivity index (χ3v) is 2.83. The van der Waals surface area contributed by atoms with Crippen molar-refractivity contribution in [2.45, 2.75) is 32.2 Å². The summed E-state index contributed by atoms with van der Waals surface area (Å²) in [6, 6.07) is -0.336. The maximum atomic E-state index is 11.0. The molecule has 0 aliphatic carbocycles. The second-order valence-corrected chi connectivity index (χ2v) is 3.89. The lowest BCUT2D eigenvalue weighted by Crippen LogP contribution is -2.49. The number of piperidine rings is 1. The van der Waals surface area contributed by atoms with Crippen molar-refractivity contribution in [1.29, 1.82) is 0 Å². The third kappa shape index (κ3) is 2.49. The molecule has 1 heterocycles. The Labute approximate surface area is 85.1 Å². The number of terminal acetylenes is 1. The van der Waals surface area contributed by atoms with Crippen molar-refractivity contribution >= 4 is 5.97 Å². The minimum Gasteiger partial charge on any atom is -0.480 e. The summed E-state index contributed by atoms with van der Waals surface area (Å²) >= 11 is 0. The molecule has 3 heteroatoms. The normalized spacial score (nSPS) is 28.3. The molecule has 2 unspecified atom stereocenters. The van der Waals surface area contributed by atoms with E-state index in [9.17, 15) is 4.79 Å². The topological polar surface area (TPSA) is 40.5 Å². The molecule has 1 rings (SSSR count). The van der Waals surface area contributed by atoms with Crippen LogP contribution in [0.3, 0.4) is 0 Å². The smallest absolute Gasteiger partial charge is 0.321 e. The Morgan fingerprint density at radius 3 is 3.00 bits per heavy atom. The quantitative estimate of drug-likeness (QED) is 0.688. The van der Waals surface area contributed by atoms with Gasteiger partial charge in [0.15, 0.2) is 0 Å². The van der Waals surface area contributed by atoms with Crippen molar-refractivity contribution in [3.63, 3.8) is 0 Å². The molecule has 0 amide bonds. The second kappa shape index (κ2) is 5.02. The zero-order valence-electron chi connectivity index (χ0n) is 8.57. The molecule has 0 spiro atoms. The van der Waals surface area contributed by atoms with Crippen LogP contribution in [0, 0.1) is 18.3 Å². The number of hydrogen-bond acceptors (Lipinski definition) is 2. The Balaban J connectivity index is 2.61. The molecule has 1 fully saturated rings. The minimum atomic E-state index is -0.714. The first-order valence-corrected chi connectivity index (χ1v) is 5.07. The van der Waals surface area contributed by atoms with E-state index < -0.39 is 5.97 Å². The SMILES string of the molecule is C#CCCN1CCCC(C)C1C(=O)O. The zero-order chi connectivity index (χ0) is 10.6. The van der Waals surface area contributed by atoms with Gasteiger partial charge in [0.25, 0.3) is 0 Å². The monoisotopic (exact) mass is 195 g/mol. The average Bonchev–Trinajstić information content (AvgIpc) is 2.14. The largest absolute Gasteiger partial charge is 0.480 e. The fraction of sp³-hybridized carbons (Fsp3) is 0.727. The van der Waals surface area contributed by atoms with Crippen molar-refractivity contribution in [3.8, 4) is 12.3 Å². The molecule has 1 N–H and O–H groups in total. The lowest BCUT2D eigenvalue weighted by molar-refractivity contribution is -0.146. The number of likely N-dealkylation sites (tertiary alicyclic amines) is 1. The van der Waals surface area contributed by atoms with Crippen molar-refractivity contribution in [2.24, 2.45) is 5.92 Å². The predicted molar refractivity (Wildman–Crippen MR) is 54.8 cm³/mol. The maximum absolute atomic E-state index is 11.0. The van der Waals surface area contributed by atoms with Crippen LogP contribution in [0.25, 0.3) is 0 Å². The summed E-state index contributed by atoms with van der Waals surface area (Å²) in [5.41, 5.74) is 0. The van der Waals surface area contributed by atoms with Crippen molar-refractivity contribution in [1.82, 2.24) is 4.90 Å². The first-order valence-electron chi connectivity index (χ1n) is 5.07. The number of aliphatic carboxylic acids is 1. The van der Waals surface area contributed by atoms with Gasteiger partial charge >= 0.3 is 5.97 Å². The molecule has 0 saturated carbocycles. The van der Waals surface area contributed by atoms with E-state index in [-0.39, 0.29) is 12.0 Å². The molecule has 0 aromatic rings. The Morgan fingerprint density at radius 1 is 1.71 bits per heavy atom. The lowest BCUT2D eigenvalue weighted by atomic mass is 9.91. The number of hydrogen-bond donors (Lipinski definition) is 1. The van der Waals surface area contributed by atoms with Crippen LogP contribution in [0.1, 0.15) is 26.2 Å². The van der Waals surface area contributed by atoms with Gasteiger partial charge in [0.1, 0.15) is 6.04 Å². The van der Waals surface area contributed by atoms with E-state index in [1.54, 1.807) is 0 Å². The van der Waals surface area contributed by atoms with Gasteiger partial charge in [-0.3, -0.25) is 9.69 Å². The number of carboxylic acid groups (broad SMARTS) is 1. The number of rotatable bonds is 3. The molecule has 1 saturated heterocycles. The Bertz CT molecular complexity index is 244. The summed E-state index contributed by atoms with van der Waals surface area (Å²) in [7, 11) is 0. The second-order valence-electron chi connectivity index (χ2n) is 3.89. The summed E-state index contributed by atoms with van der Waals surface area (Å²) in [4.78, 5) is 13.0. The van der Waals surface area contributed by atoms with Gasteiger partial charge in [-0.1, -0.05) is 6.92 Å². The number of nitrogens with zero attached hydrogens (tertiary/aromatic N) is 1. The van der Waals surface area contributed by atoms with Crippen LogP contribution in [-0.4, -0.2) is 35.1 Å². The standard InChI is InChI=1S/C11H17NO2/c1-3-4-7-12-8-5-6-9(2)10(12)11(13)14/h1,9-10H,4-8H2,2H3,(H,13,14). The predicted octanol–water partition coefficient (Wildman–Crippen LogP) is 1.19. The highest BCUT2D eigenvalue weighted by atomic mass is 16.4. The Morgan fingerprint density at radius 2 is 2.43 bits per heavy atom.